The number of thiazole rings is 1. The van der Waals surface area contributed by atoms with E-state index in [0.717, 1.165) is 31.9 Å². The molecule has 7 heteroatoms. The number of carbonyl (C=O) groups excluding carboxylic acids is 1. The number of hydrogen-bond donors (Lipinski definition) is 0. The van der Waals surface area contributed by atoms with Crippen LogP contribution in [0.2, 0.25) is 0 Å². The maximum atomic E-state index is 13.2. The number of amides is 1. The second kappa shape index (κ2) is 10.1. The summed E-state index contributed by atoms with van der Waals surface area (Å²) in [6.07, 6.45) is 0.375. The zero-order valence-electron chi connectivity index (χ0n) is 17.2. The fourth-order valence-electron chi connectivity index (χ4n) is 2.86. The Kier molecular flexibility index (Phi) is 7.73. The van der Waals surface area contributed by atoms with Crippen LogP contribution >= 0.6 is 39.0 Å². The largest absolute Gasteiger partial charge is 0.308 e. The Hall–Kier alpha value is -1.41. The first-order chi connectivity index (χ1) is 13.8. The van der Waals surface area contributed by atoms with Crippen LogP contribution in [0.4, 0.5) is 5.13 Å². The molecule has 0 saturated carbocycles. The molecule has 0 radical (unpaired) electrons. The van der Waals surface area contributed by atoms with Gasteiger partial charge in [-0.05, 0) is 50.0 Å². The van der Waals surface area contributed by atoms with Gasteiger partial charge in [0.1, 0.15) is 0 Å². The normalized spacial score (nSPS) is 11.6. The molecule has 4 nitrogen and oxygen atoms in total. The topological polar surface area (TPSA) is 36.4 Å². The maximum Gasteiger partial charge on any atom is 0.233 e. The molecule has 0 bridgehead atoms. The van der Waals surface area contributed by atoms with Crippen molar-refractivity contribution >= 4 is 60.3 Å². The maximum absolute atomic E-state index is 13.2. The number of hydrogen-bond acceptors (Lipinski definition) is 5. The summed E-state index contributed by atoms with van der Waals surface area (Å²) in [6, 6.07) is 14.3. The van der Waals surface area contributed by atoms with Crippen molar-refractivity contribution in [3.05, 3.63) is 52.5 Å². The van der Waals surface area contributed by atoms with Crippen LogP contribution in [0.25, 0.3) is 10.2 Å². The lowest BCUT2D eigenvalue weighted by atomic mass is 10.1. The molecule has 0 saturated heterocycles. The highest BCUT2D eigenvalue weighted by molar-refractivity contribution is 9.10. The summed E-state index contributed by atoms with van der Waals surface area (Å²) >= 11 is 6.90. The fourth-order valence-corrected chi connectivity index (χ4v) is 5.26. The van der Waals surface area contributed by atoms with Crippen molar-refractivity contribution in [3.8, 4) is 0 Å². The number of anilines is 1. The molecule has 2 aromatic carbocycles. The van der Waals surface area contributed by atoms with E-state index in [2.05, 4.69) is 65.0 Å². The Bertz CT molecular complexity index is 970. The zero-order chi connectivity index (χ0) is 21.0. The van der Waals surface area contributed by atoms with Crippen LogP contribution in [0.1, 0.15) is 19.4 Å². The summed E-state index contributed by atoms with van der Waals surface area (Å²) in [7, 11) is 4.03. The molecule has 0 N–H and O–H groups in total. The van der Waals surface area contributed by atoms with Crippen LogP contribution in [0.3, 0.4) is 0 Å². The molecule has 1 amide bonds. The second-order valence-corrected chi connectivity index (χ2v) is 11.0. The van der Waals surface area contributed by atoms with Gasteiger partial charge in [-0.25, -0.2) is 4.98 Å². The van der Waals surface area contributed by atoms with Crippen molar-refractivity contribution in [2.24, 2.45) is 0 Å². The number of fused-ring (bicyclic) bond motifs is 1. The zero-order valence-corrected chi connectivity index (χ0v) is 20.4. The van der Waals surface area contributed by atoms with Crippen molar-refractivity contribution in [1.29, 1.82) is 0 Å². The van der Waals surface area contributed by atoms with Gasteiger partial charge < -0.3 is 4.90 Å². The first-order valence-corrected chi connectivity index (χ1v) is 12.1. The number of aromatic nitrogens is 1. The van der Waals surface area contributed by atoms with Crippen LogP contribution in [-0.2, 0) is 11.2 Å². The molecule has 29 heavy (non-hydrogen) atoms. The second-order valence-electron chi connectivity index (χ2n) is 7.44. The first-order valence-electron chi connectivity index (χ1n) is 9.58. The predicted molar refractivity (Wildman–Crippen MR) is 129 cm³/mol. The average Bonchev–Trinajstić information content (AvgIpc) is 3.05. The number of thioether (sulfide) groups is 1. The number of halogens is 1. The van der Waals surface area contributed by atoms with E-state index in [1.807, 2.05) is 42.9 Å². The van der Waals surface area contributed by atoms with Gasteiger partial charge in [0.05, 0.1) is 16.6 Å². The van der Waals surface area contributed by atoms with E-state index in [1.54, 1.807) is 11.3 Å². The first kappa shape index (κ1) is 22.3. The van der Waals surface area contributed by atoms with Gasteiger partial charge in [-0.2, -0.15) is 0 Å². The van der Waals surface area contributed by atoms with Crippen LogP contribution < -0.4 is 4.90 Å². The lowest BCUT2D eigenvalue weighted by Crippen LogP contribution is -2.37. The molecule has 0 unspecified atom stereocenters. The molecular formula is C22H26BrN3OS2. The van der Waals surface area contributed by atoms with Gasteiger partial charge in [0, 0.05) is 27.7 Å². The number of likely N-dealkylation sites (N-methyl/N-ethyl adjacent to an activating group) is 1. The average molecular weight is 493 g/mol. The Balaban J connectivity index is 1.80. The van der Waals surface area contributed by atoms with E-state index in [4.69, 9.17) is 4.98 Å². The molecule has 0 aliphatic heterocycles. The summed E-state index contributed by atoms with van der Waals surface area (Å²) in [5.41, 5.74) is 1.95. The third-order valence-corrected chi connectivity index (χ3v) is 6.84. The van der Waals surface area contributed by atoms with Gasteiger partial charge in [-0.15, -0.1) is 11.8 Å². The van der Waals surface area contributed by atoms with Crippen LogP contribution in [0.5, 0.6) is 0 Å². The molecule has 1 heterocycles. The molecule has 154 valence electrons. The summed E-state index contributed by atoms with van der Waals surface area (Å²) < 4.78 is 2.10. The summed E-state index contributed by atoms with van der Waals surface area (Å²) in [5, 5.41) is 1.31. The number of nitrogens with zero attached hydrogens (tertiary/aromatic N) is 3. The molecule has 0 fully saturated rings. The van der Waals surface area contributed by atoms with Crippen molar-refractivity contribution in [2.75, 3.05) is 32.1 Å². The predicted octanol–water partition coefficient (Wildman–Crippen LogP) is 5.70. The molecule has 0 atom stereocenters. The quantitative estimate of drug-likeness (QED) is 0.378. The van der Waals surface area contributed by atoms with Gasteiger partial charge >= 0.3 is 0 Å². The lowest BCUT2D eigenvalue weighted by molar-refractivity contribution is -0.118. The Morgan fingerprint density at radius 2 is 1.86 bits per heavy atom. The van der Waals surface area contributed by atoms with E-state index in [9.17, 15) is 4.79 Å². The van der Waals surface area contributed by atoms with Crippen molar-refractivity contribution in [2.45, 2.75) is 30.4 Å². The summed E-state index contributed by atoms with van der Waals surface area (Å²) in [5.74, 6) is 0.0780. The van der Waals surface area contributed by atoms with Crippen molar-refractivity contribution < 1.29 is 4.79 Å². The Morgan fingerprint density at radius 3 is 2.52 bits per heavy atom. The molecule has 0 aliphatic rings. The molecule has 3 aromatic rings. The van der Waals surface area contributed by atoms with E-state index >= 15 is 0 Å². The Labute approximate surface area is 189 Å². The van der Waals surface area contributed by atoms with Crippen LogP contribution in [0, 0.1) is 0 Å². The Morgan fingerprint density at radius 1 is 1.14 bits per heavy atom. The van der Waals surface area contributed by atoms with Gasteiger partial charge in [-0.3, -0.25) is 9.69 Å². The molecule has 0 spiro atoms. The van der Waals surface area contributed by atoms with E-state index in [-0.39, 0.29) is 5.91 Å². The minimum absolute atomic E-state index is 0.0780. The van der Waals surface area contributed by atoms with E-state index in [1.165, 1.54) is 4.90 Å². The SMILES string of the molecule is CC(C)Sc1ccc(CC(=O)N(CCN(C)C)c2nc3ccc(Br)cc3s2)cc1. The number of rotatable bonds is 8. The van der Waals surface area contributed by atoms with E-state index in [0.29, 0.717) is 18.2 Å². The van der Waals surface area contributed by atoms with Gasteiger partial charge in [0.2, 0.25) is 5.91 Å². The summed E-state index contributed by atoms with van der Waals surface area (Å²) in [6.45, 7) is 5.77. The molecular weight excluding hydrogens is 466 g/mol. The standard InChI is InChI=1S/C22H26BrN3OS2/c1-15(2)28-18-8-5-16(6-9-18)13-21(27)26(12-11-25(3)4)22-24-19-10-7-17(23)14-20(19)29-22/h5-10,14-15H,11-13H2,1-4H3. The molecule has 3 rings (SSSR count). The highest BCUT2D eigenvalue weighted by atomic mass is 79.9. The minimum atomic E-state index is 0.0780. The number of carbonyl (C=O) groups is 1. The third-order valence-electron chi connectivity index (χ3n) is 4.29. The highest BCUT2D eigenvalue weighted by Gasteiger charge is 2.20. The monoisotopic (exact) mass is 491 g/mol. The number of benzene rings is 2. The fraction of sp³-hybridized carbons (Fsp3) is 0.364. The summed E-state index contributed by atoms with van der Waals surface area (Å²) in [4.78, 5) is 23.1. The minimum Gasteiger partial charge on any atom is -0.308 e. The van der Waals surface area contributed by atoms with Gasteiger partial charge in [0.25, 0.3) is 0 Å². The van der Waals surface area contributed by atoms with Crippen LogP contribution in [-0.4, -0.2) is 48.2 Å². The lowest BCUT2D eigenvalue weighted by Gasteiger charge is -2.22. The van der Waals surface area contributed by atoms with Crippen molar-refractivity contribution in [3.63, 3.8) is 0 Å². The van der Waals surface area contributed by atoms with E-state index < -0.39 is 0 Å². The third kappa shape index (κ3) is 6.28. The van der Waals surface area contributed by atoms with Crippen LogP contribution in [0.15, 0.2) is 51.8 Å². The molecule has 1 aromatic heterocycles. The molecule has 0 aliphatic carbocycles. The van der Waals surface area contributed by atoms with Crippen molar-refractivity contribution in [1.82, 2.24) is 9.88 Å². The van der Waals surface area contributed by atoms with Gasteiger partial charge in [0.15, 0.2) is 5.13 Å². The smallest absolute Gasteiger partial charge is 0.233 e. The highest BCUT2D eigenvalue weighted by Crippen LogP contribution is 2.31. The van der Waals surface area contributed by atoms with Gasteiger partial charge in [-0.1, -0.05) is 53.2 Å².